The Hall–Kier alpha value is -2.30. The van der Waals surface area contributed by atoms with Crippen molar-refractivity contribution in [3.05, 3.63) is 71.9 Å². The first-order valence-electron chi connectivity index (χ1n) is 14.2. The Labute approximate surface area is 211 Å². The molecule has 186 valence electrons. The number of nitrogens with zero attached hydrogens (tertiary/aromatic N) is 4. The van der Waals surface area contributed by atoms with Crippen LogP contribution in [0.1, 0.15) is 56.1 Å². The van der Waals surface area contributed by atoms with Crippen molar-refractivity contribution >= 4 is 10.9 Å². The van der Waals surface area contributed by atoms with Gasteiger partial charge >= 0.3 is 0 Å². The van der Waals surface area contributed by atoms with Crippen molar-refractivity contribution in [2.45, 2.75) is 64.0 Å². The average Bonchev–Trinajstić information content (AvgIpc) is 3.29. The van der Waals surface area contributed by atoms with Gasteiger partial charge in [0.15, 0.2) is 0 Å². The Morgan fingerprint density at radius 1 is 0.686 bits per heavy atom. The smallest absolute Gasteiger partial charge is 0.0698 e. The van der Waals surface area contributed by atoms with E-state index in [0.717, 1.165) is 31.6 Å². The second kappa shape index (κ2) is 10.8. The van der Waals surface area contributed by atoms with Gasteiger partial charge in [0.1, 0.15) is 0 Å². The molecule has 3 aliphatic rings. The monoisotopic (exact) mass is 470 g/mol. The van der Waals surface area contributed by atoms with E-state index in [9.17, 15) is 0 Å². The molecule has 0 amide bonds. The van der Waals surface area contributed by atoms with Crippen molar-refractivity contribution in [3.63, 3.8) is 0 Å². The van der Waals surface area contributed by atoms with Crippen LogP contribution in [0.3, 0.4) is 0 Å². The van der Waals surface area contributed by atoms with E-state index in [2.05, 4.69) is 80.3 Å². The van der Waals surface area contributed by atoms with Crippen LogP contribution in [0.5, 0.6) is 0 Å². The van der Waals surface area contributed by atoms with E-state index in [-0.39, 0.29) is 0 Å². The molecule has 3 fully saturated rings. The molecule has 4 nitrogen and oxygen atoms in total. The molecular formula is C31H42N4. The van der Waals surface area contributed by atoms with Gasteiger partial charge in [0.2, 0.25) is 0 Å². The fourth-order valence-corrected chi connectivity index (χ4v) is 6.85. The molecule has 3 aliphatic heterocycles. The molecule has 3 aromatic rings. The zero-order chi connectivity index (χ0) is 23.5. The largest absolute Gasteiger partial charge is 0.313 e. The number of piperidine rings is 3. The van der Waals surface area contributed by atoms with E-state index in [1.807, 2.05) is 0 Å². The summed E-state index contributed by atoms with van der Waals surface area (Å²) in [5.74, 6) is 0.802. The molecule has 2 aromatic carbocycles. The summed E-state index contributed by atoms with van der Waals surface area (Å²) in [5.41, 5.74) is 4.37. The number of para-hydroxylation sites is 1. The molecule has 0 bridgehead atoms. The number of likely N-dealkylation sites (tertiary alicyclic amines) is 2. The number of benzene rings is 2. The van der Waals surface area contributed by atoms with E-state index in [1.165, 1.54) is 99.6 Å². The van der Waals surface area contributed by atoms with Crippen molar-refractivity contribution in [2.24, 2.45) is 5.92 Å². The summed E-state index contributed by atoms with van der Waals surface area (Å²) >= 11 is 0. The third-order valence-corrected chi connectivity index (χ3v) is 8.90. The fraction of sp³-hybridized carbons (Fsp3) is 0.548. The van der Waals surface area contributed by atoms with Crippen LogP contribution >= 0.6 is 0 Å². The van der Waals surface area contributed by atoms with E-state index in [1.54, 1.807) is 0 Å². The number of aromatic nitrogens is 1. The molecule has 3 saturated heterocycles. The Bertz CT molecular complexity index is 1070. The lowest BCUT2D eigenvalue weighted by atomic mass is 9.91. The second-order valence-electron chi connectivity index (χ2n) is 11.2. The molecule has 35 heavy (non-hydrogen) atoms. The number of hydrogen-bond donors (Lipinski definition) is 0. The Balaban J connectivity index is 1.09. The van der Waals surface area contributed by atoms with E-state index < -0.39 is 0 Å². The van der Waals surface area contributed by atoms with Crippen molar-refractivity contribution in [1.82, 2.24) is 14.5 Å². The van der Waals surface area contributed by atoms with Crippen molar-refractivity contribution < 1.29 is 0 Å². The summed E-state index contributed by atoms with van der Waals surface area (Å²) in [7, 11) is 0. The molecule has 4 heterocycles. The Morgan fingerprint density at radius 3 is 2.17 bits per heavy atom. The van der Waals surface area contributed by atoms with Gasteiger partial charge in [-0.15, -0.1) is 0 Å². The highest BCUT2D eigenvalue weighted by Crippen LogP contribution is 2.28. The van der Waals surface area contributed by atoms with E-state index in [0.29, 0.717) is 0 Å². The summed E-state index contributed by atoms with van der Waals surface area (Å²) in [4.78, 5) is 5.49. The molecule has 6 rings (SSSR count). The van der Waals surface area contributed by atoms with Crippen molar-refractivity contribution in [3.8, 4) is 0 Å². The average molecular weight is 471 g/mol. The van der Waals surface area contributed by atoms with Gasteiger partial charge in [-0.3, -0.25) is 9.58 Å². The van der Waals surface area contributed by atoms with Gasteiger partial charge in [-0.05, 0) is 94.2 Å². The van der Waals surface area contributed by atoms with Gasteiger partial charge in [-0.1, -0.05) is 55.0 Å². The third-order valence-electron chi connectivity index (χ3n) is 8.90. The quantitative estimate of drug-likeness (QED) is 0.460. The minimum absolute atomic E-state index is 0.802. The molecule has 1 aromatic heterocycles. The highest BCUT2D eigenvalue weighted by molar-refractivity contribution is 5.84. The first-order chi connectivity index (χ1) is 17.3. The van der Waals surface area contributed by atoms with Crippen LogP contribution in [-0.2, 0) is 13.0 Å². The van der Waals surface area contributed by atoms with Gasteiger partial charge < -0.3 is 9.91 Å². The maximum Gasteiger partial charge on any atom is 0.0698 e. The van der Waals surface area contributed by atoms with Gasteiger partial charge in [-0.2, -0.15) is 0 Å². The lowest BCUT2D eigenvalue weighted by Gasteiger charge is -2.40. The fourth-order valence-electron chi connectivity index (χ4n) is 6.85. The minimum Gasteiger partial charge on any atom is -0.313 e. The summed E-state index contributed by atoms with van der Waals surface area (Å²) in [6.07, 6.45) is 13.2. The molecule has 0 saturated carbocycles. The molecule has 0 spiro atoms. The lowest BCUT2D eigenvalue weighted by Crippen LogP contribution is -2.46. The normalized spacial score (nSPS) is 21.7. The Morgan fingerprint density at radius 2 is 1.40 bits per heavy atom. The molecule has 4 heteroatoms. The zero-order valence-corrected chi connectivity index (χ0v) is 21.3. The first-order valence-corrected chi connectivity index (χ1v) is 14.2. The lowest BCUT2D eigenvalue weighted by molar-refractivity contribution is 0.0898. The van der Waals surface area contributed by atoms with Crippen molar-refractivity contribution in [2.75, 3.05) is 44.3 Å². The highest BCUT2D eigenvalue weighted by atomic mass is 15.5. The maximum absolute atomic E-state index is 2.79. The summed E-state index contributed by atoms with van der Waals surface area (Å²) in [5, 5.41) is 4.03. The summed E-state index contributed by atoms with van der Waals surface area (Å²) in [6.45, 7) is 8.54. The van der Waals surface area contributed by atoms with Crippen LogP contribution in [0.4, 0.5) is 0 Å². The van der Waals surface area contributed by atoms with Crippen LogP contribution < -0.4 is 5.01 Å². The maximum atomic E-state index is 2.79. The van der Waals surface area contributed by atoms with E-state index in [4.69, 9.17) is 0 Å². The zero-order valence-electron chi connectivity index (χ0n) is 21.3. The molecule has 0 N–H and O–H groups in total. The Kier molecular flexibility index (Phi) is 7.11. The highest BCUT2D eigenvalue weighted by Gasteiger charge is 2.27. The minimum atomic E-state index is 0.802. The van der Waals surface area contributed by atoms with Crippen LogP contribution in [0.15, 0.2) is 60.8 Å². The standard InChI is InChI=1S/C31H42N4/c1-3-9-26(10-4-1)23-27-13-21-34(22-14-27)35-25-28(30-11-5-6-12-31(30)35)24-32-19-15-29(16-20-32)33-17-7-2-8-18-33/h1,3-6,9-12,25,27,29H,2,7-8,13-24H2. The van der Waals surface area contributed by atoms with Gasteiger partial charge in [0.25, 0.3) is 0 Å². The molecule has 0 aliphatic carbocycles. The second-order valence-corrected chi connectivity index (χ2v) is 11.2. The third kappa shape index (κ3) is 5.29. The molecular weight excluding hydrogens is 428 g/mol. The predicted octanol–water partition coefficient (Wildman–Crippen LogP) is 5.68. The summed E-state index contributed by atoms with van der Waals surface area (Å²) < 4.78 is 2.49. The number of rotatable bonds is 6. The molecule has 0 radical (unpaired) electrons. The number of fused-ring (bicyclic) bond motifs is 1. The van der Waals surface area contributed by atoms with Crippen molar-refractivity contribution in [1.29, 1.82) is 0 Å². The van der Waals surface area contributed by atoms with Crippen LogP contribution in [0.25, 0.3) is 10.9 Å². The molecule has 0 atom stereocenters. The van der Waals surface area contributed by atoms with Crippen LogP contribution in [-0.4, -0.2) is 59.8 Å². The van der Waals surface area contributed by atoms with Crippen LogP contribution in [0.2, 0.25) is 0 Å². The van der Waals surface area contributed by atoms with Crippen LogP contribution in [0, 0.1) is 5.92 Å². The van der Waals surface area contributed by atoms with Gasteiger partial charge in [-0.25, -0.2) is 0 Å². The first kappa shape index (κ1) is 23.1. The molecule has 0 unspecified atom stereocenters. The topological polar surface area (TPSA) is 14.7 Å². The van der Waals surface area contributed by atoms with Gasteiger partial charge in [0, 0.05) is 37.3 Å². The number of hydrogen-bond acceptors (Lipinski definition) is 3. The van der Waals surface area contributed by atoms with Gasteiger partial charge in [0.05, 0.1) is 5.52 Å². The van der Waals surface area contributed by atoms with E-state index >= 15 is 0 Å². The predicted molar refractivity (Wildman–Crippen MR) is 146 cm³/mol. The summed E-state index contributed by atoms with van der Waals surface area (Å²) in [6, 6.07) is 20.9. The SMILES string of the molecule is c1ccc(CC2CCN(n3cc(CN4CCC(N5CCCCC5)CC4)c4ccccc43)CC2)cc1.